The van der Waals surface area contributed by atoms with Gasteiger partial charge >= 0.3 is 0 Å². The van der Waals surface area contributed by atoms with Gasteiger partial charge in [0.25, 0.3) is 0 Å². The first-order chi connectivity index (χ1) is 9.25. The normalized spacial score (nSPS) is 12.8. The van der Waals surface area contributed by atoms with Crippen LogP contribution in [0.1, 0.15) is 37.3 Å². The number of aryl methyl sites for hydroxylation is 1. The van der Waals surface area contributed by atoms with E-state index in [0.717, 1.165) is 6.54 Å². The van der Waals surface area contributed by atoms with E-state index in [-0.39, 0.29) is 0 Å². The molecule has 0 radical (unpaired) electrons. The Hall–Kier alpha value is -1.12. The maximum absolute atomic E-state index is 3.58. The van der Waals surface area contributed by atoms with Gasteiger partial charge in [-0.15, -0.1) is 0 Å². The topological polar surface area (TPSA) is 12.0 Å². The molecule has 19 heavy (non-hydrogen) atoms. The minimum atomic E-state index is 0.548. The Bertz CT molecular complexity index is 447. The van der Waals surface area contributed by atoms with Crippen LogP contribution in [0.15, 0.2) is 47.2 Å². The second-order valence-electron chi connectivity index (χ2n) is 5.34. The van der Waals surface area contributed by atoms with Crippen molar-refractivity contribution in [2.24, 2.45) is 0 Å². The van der Waals surface area contributed by atoms with E-state index in [1.54, 1.807) is 11.3 Å². The Kier molecular flexibility index (Phi) is 5.62. The first-order valence-electron chi connectivity index (χ1n) is 7.05. The molecular weight excluding hydrogens is 250 g/mol. The van der Waals surface area contributed by atoms with Crippen LogP contribution in [0.25, 0.3) is 0 Å². The predicted octanol–water partition coefficient (Wildman–Crippen LogP) is 4.46. The van der Waals surface area contributed by atoms with Crippen molar-refractivity contribution in [3.8, 4) is 0 Å². The molecule has 1 nitrogen and oxygen atoms in total. The van der Waals surface area contributed by atoms with Crippen molar-refractivity contribution >= 4 is 11.3 Å². The number of thiophene rings is 1. The highest BCUT2D eigenvalue weighted by molar-refractivity contribution is 7.07. The van der Waals surface area contributed by atoms with Crippen molar-refractivity contribution < 1.29 is 0 Å². The maximum atomic E-state index is 3.58. The number of hydrogen-bond donors (Lipinski definition) is 1. The van der Waals surface area contributed by atoms with Gasteiger partial charge in [-0.05, 0) is 46.7 Å². The average Bonchev–Trinajstić information content (AvgIpc) is 2.93. The van der Waals surface area contributed by atoms with Crippen molar-refractivity contribution in [2.75, 3.05) is 6.54 Å². The van der Waals surface area contributed by atoms with Crippen molar-refractivity contribution in [3.63, 3.8) is 0 Å². The third-order valence-electron chi connectivity index (χ3n) is 3.41. The third-order valence-corrected chi connectivity index (χ3v) is 4.14. The lowest BCUT2D eigenvalue weighted by atomic mass is 9.92. The van der Waals surface area contributed by atoms with E-state index in [1.807, 2.05) is 0 Å². The number of hydrogen-bond acceptors (Lipinski definition) is 2. The molecule has 1 heterocycles. The summed E-state index contributed by atoms with van der Waals surface area (Å²) in [5, 5.41) is 8.00. The standard InChI is InChI=1S/C17H23NS/c1-14(2)18-12-17(16-6-4-3-5-7-16)9-8-15-10-11-19-13-15/h3-7,10-11,13-14,17-18H,8-9,12H2,1-2H3. The molecule has 102 valence electrons. The van der Waals surface area contributed by atoms with Crippen LogP contribution in [-0.2, 0) is 6.42 Å². The van der Waals surface area contributed by atoms with Gasteiger partial charge in [0.15, 0.2) is 0 Å². The van der Waals surface area contributed by atoms with E-state index < -0.39 is 0 Å². The molecule has 1 N–H and O–H groups in total. The van der Waals surface area contributed by atoms with Gasteiger partial charge in [0.1, 0.15) is 0 Å². The predicted molar refractivity (Wildman–Crippen MR) is 85.0 cm³/mol. The Morgan fingerprint density at radius 1 is 1.11 bits per heavy atom. The minimum Gasteiger partial charge on any atom is -0.314 e. The van der Waals surface area contributed by atoms with Gasteiger partial charge in [-0.3, -0.25) is 0 Å². The molecule has 0 aliphatic rings. The Balaban J connectivity index is 1.97. The fourth-order valence-corrected chi connectivity index (χ4v) is 2.97. The molecule has 0 spiro atoms. The van der Waals surface area contributed by atoms with E-state index >= 15 is 0 Å². The van der Waals surface area contributed by atoms with Crippen LogP contribution < -0.4 is 5.32 Å². The first kappa shape index (κ1) is 14.3. The zero-order chi connectivity index (χ0) is 13.5. The highest BCUT2D eigenvalue weighted by Gasteiger charge is 2.12. The van der Waals surface area contributed by atoms with Gasteiger partial charge in [-0.25, -0.2) is 0 Å². The van der Waals surface area contributed by atoms with E-state index in [4.69, 9.17) is 0 Å². The lowest BCUT2D eigenvalue weighted by Gasteiger charge is -2.19. The lowest BCUT2D eigenvalue weighted by molar-refractivity contribution is 0.508. The summed E-state index contributed by atoms with van der Waals surface area (Å²) < 4.78 is 0. The molecule has 0 aliphatic carbocycles. The Labute approximate surface area is 120 Å². The molecular formula is C17H23NS. The van der Waals surface area contributed by atoms with Gasteiger partial charge in [0.05, 0.1) is 0 Å². The quantitative estimate of drug-likeness (QED) is 0.785. The summed E-state index contributed by atoms with van der Waals surface area (Å²) in [6.07, 6.45) is 2.38. The van der Waals surface area contributed by atoms with E-state index in [9.17, 15) is 0 Å². The maximum Gasteiger partial charge on any atom is 0.00226 e. The van der Waals surface area contributed by atoms with Crippen LogP contribution in [0.5, 0.6) is 0 Å². The third kappa shape index (κ3) is 4.81. The van der Waals surface area contributed by atoms with Gasteiger partial charge in [0, 0.05) is 12.6 Å². The summed E-state index contributed by atoms with van der Waals surface area (Å²) >= 11 is 1.79. The number of benzene rings is 1. The van der Waals surface area contributed by atoms with Gasteiger partial charge in [-0.1, -0.05) is 44.2 Å². The minimum absolute atomic E-state index is 0.548. The highest BCUT2D eigenvalue weighted by atomic mass is 32.1. The number of rotatable bonds is 7. The molecule has 0 aliphatic heterocycles. The van der Waals surface area contributed by atoms with Crippen molar-refractivity contribution in [1.82, 2.24) is 5.32 Å². The zero-order valence-electron chi connectivity index (χ0n) is 11.8. The monoisotopic (exact) mass is 273 g/mol. The molecule has 1 aromatic carbocycles. The van der Waals surface area contributed by atoms with Crippen LogP contribution in [-0.4, -0.2) is 12.6 Å². The largest absolute Gasteiger partial charge is 0.314 e. The van der Waals surface area contributed by atoms with Crippen molar-refractivity contribution in [1.29, 1.82) is 0 Å². The second-order valence-corrected chi connectivity index (χ2v) is 6.12. The molecule has 2 rings (SSSR count). The molecule has 0 saturated heterocycles. The summed E-state index contributed by atoms with van der Waals surface area (Å²) in [5.41, 5.74) is 2.92. The molecule has 0 fully saturated rings. The first-order valence-corrected chi connectivity index (χ1v) is 7.99. The van der Waals surface area contributed by atoms with E-state index in [0.29, 0.717) is 12.0 Å². The zero-order valence-corrected chi connectivity index (χ0v) is 12.6. The molecule has 0 saturated carbocycles. The fourth-order valence-electron chi connectivity index (χ4n) is 2.27. The smallest absolute Gasteiger partial charge is 0.00226 e. The SMILES string of the molecule is CC(C)NCC(CCc1ccsc1)c1ccccc1. The fraction of sp³-hybridized carbons (Fsp3) is 0.412. The van der Waals surface area contributed by atoms with Crippen LogP contribution in [0, 0.1) is 0 Å². The summed E-state index contributed by atoms with van der Waals surface area (Å²) in [4.78, 5) is 0. The van der Waals surface area contributed by atoms with Gasteiger partial charge < -0.3 is 5.32 Å². The van der Waals surface area contributed by atoms with Crippen LogP contribution in [0.2, 0.25) is 0 Å². The molecule has 0 bridgehead atoms. The molecule has 1 unspecified atom stereocenters. The van der Waals surface area contributed by atoms with Crippen molar-refractivity contribution in [2.45, 2.75) is 38.6 Å². The Morgan fingerprint density at radius 3 is 2.53 bits per heavy atom. The van der Waals surface area contributed by atoms with Gasteiger partial charge in [0.2, 0.25) is 0 Å². The van der Waals surface area contributed by atoms with Crippen LogP contribution >= 0.6 is 11.3 Å². The summed E-state index contributed by atoms with van der Waals surface area (Å²) in [7, 11) is 0. The molecule has 1 aromatic heterocycles. The second kappa shape index (κ2) is 7.46. The van der Waals surface area contributed by atoms with E-state index in [1.165, 1.54) is 24.0 Å². The van der Waals surface area contributed by atoms with Gasteiger partial charge in [-0.2, -0.15) is 11.3 Å². The van der Waals surface area contributed by atoms with Crippen LogP contribution in [0.4, 0.5) is 0 Å². The number of nitrogens with one attached hydrogen (secondary N) is 1. The summed E-state index contributed by atoms with van der Waals surface area (Å²) in [5.74, 6) is 0.600. The molecule has 2 aromatic rings. The summed E-state index contributed by atoms with van der Waals surface area (Å²) in [6, 6.07) is 13.7. The molecule has 2 heteroatoms. The van der Waals surface area contributed by atoms with Crippen molar-refractivity contribution in [3.05, 3.63) is 58.3 Å². The lowest BCUT2D eigenvalue weighted by Crippen LogP contribution is -2.28. The summed E-state index contributed by atoms with van der Waals surface area (Å²) in [6.45, 7) is 5.48. The molecule has 0 amide bonds. The Morgan fingerprint density at radius 2 is 1.89 bits per heavy atom. The van der Waals surface area contributed by atoms with Crippen LogP contribution in [0.3, 0.4) is 0 Å². The highest BCUT2D eigenvalue weighted by Crippen LogP contribution is 2.22. The molecule has 1 atom stereocenters. The van der Waals surface area contributed by atoms with E-state index in [2.05, 4.69) is 66.3 Å². The average molecular weight is 273 g/mol.